The van der Waals surface area contributed by atoms with Crippen LogP contribution < -0.4 is 20.5 Å². The van der Waals surface area contributed by atoms with Crippen LogP contribution in [-0.4, -0.2) is 25.5 Å². The minimum absolute atomic E-state index is 0.117. The summed E-state index contributed by atoms with van der Waals surface area (Å²) in [5.74, 6) is -0.842. The van der Waals surface area contributed by atoms with Crippen LogP contribution in [0.5, 0.6) is 11.5 Å². The number of aryl methyl sites for hydroxylation is 2. The largest absolute Gasteiger partial charge is 0.493 e. The lowest BCUT2D eigenvalue weighted by Gasteiger charge is -2.12. The van der Waals surface area contributed by atoms with E-state index >= 15 is 0 Å². The van der Waals surface area contributed by atoms with Gasteiger partial charge in [-0.2, -0.15) is 5.26 Å². The van der Waals surface area contributed by atoms with Crippen LogP contribution in [0.25, 0.3) is 6.08 Å². The molecule has 0 unspecified atom stereocenters. The van der Waals surface area contributed by atoms with Gasteiger partial charge in [0.2, 0.25) is 0 Å². The number of nitrogens with one attached hydrogen (secondary N) is 1. The molecule has 0 aliphatic heterocycles. The number of primary amides is 1. The Morgan fingerprint density at radius 1 is 1.28 bits per heavy atom. The molecule has 0 saturated heterocycles. The van der Waals surface area contributed by atoms with E-state index in [1.54, 1.807) is 6.07 Å². The number of ether oxygens (including phenoxy) is 2. The molecule has 0 aliphatic carbocycles. The first-order valence-electron chi connectivity index (χ1n) is 8.54. The number of carbonyl (C=O) groups is 2. The van der Waals surface area contributed by atoms with Gasteiger partial charge in [0.05, 0.1) is 12.1 Å². The second kappa shape index (κ2) is 9.62. The maximum Gasteiger partial charge on any atom is 0.266 e. The molecule has 2 aromatic rings. The van der Waals surface area contributed by atoms with Gasteiger partial charge in [-0.25, -0.2) is 0 Å². The quantitative estimate of drug-likeness (QED) is 0.533. The van der Waals surface area contributed by atoms with E-state index in [2.05, 4.69) is 5.32 Å². The van der Waals surface area contributed by atoms with Gasteiger partial charge in [-0.3, -0.25) is 9.59 Å². The summed E-state index contributed by atoms with van der Waals surface area (Å²) in [6.45, 7) is 3.45. The van der Waals surface area contributed by atoms with Crippen LogP contribution >= 0.6 is 11.6 Å². The second-order valence-corrected chi connectivity index (χ2v) is 6.64. The van der Waals surface area contributed by atoms with Crippen LogP contribution in [0.1, 0.15) is 16.7 Å². The Balaban J connectivity index is 2.32. The van der Waals surface area contributed by atoms with Crippen molar-refractivity contribution in [1.82, 2.24) is 0 Å². The fraction of sp³-hybridized carbons (Fsp3) is 0.190. The van der Waals surface area contributed by atoms with E-state index in [9.17, 15) is 14.9 Å². The van der Waals surface area contributed by atoms with Crippen molar-refractivity contribution in [2.24, 2.45) is 5.73 Å². The van der Waals surface area contributed by atoms with Gasteiger partial charge in [0.25, 0.3) is 11.8 Å². The molecule has 0 bridgehead atoms. The van der Waals surface area contributed by atoms with Crippen molar-refractivity contribution >= 4 is 35.2 Å². The van der Waals surface area contributed by atoms with Crippen LogP contribution in [0.2, 0.25) is 5.02 Å². The third kappa shape index (κ3) is 5.74. The number of amides is 2. The first kappa shape index (κ1) is 21.8. The van der Waals surface area contributed by atoms with Gasteiger partial charge in [-0.1, -0.05) is 29.3 Å². The number of rotatable bonds is 7. The summed E-state index contributed by atoms with van der Waals surface area (Å²) in [4.78, 5) is 23.5. The van der Waals surface area contributed by atoms with Crippen molar-refractivity contribution in [2.45, 2.75) is 13.8 Å². The smallest absolute Gasteiger partial charge is 0.266 e. The molecule has 0 spiro atoms. The standard InChI is InChI=1S/C21H20ClN3O4/c1-12-4-5-17(13(2)6-12)25-21(27)15(10-23)7-14-8-16(22)20(18(9-14)28-3)29-11-19(24)26/h4-9H,11H2,1-3H3,(H2,24,26)(H,25,27)/b15-7+. The average molecular weight is 414 g/mol. The van der Waals surface area contributed by atoms with Crippen LogP contribution in [0.15, 0.2) is 35.9 Å². The number of carbonyl (C=O) groups excluding carboxylic acids is 2. The topological polar surface area (TPSA) is 114 Å². The van der Waals surface area contributed by atoms with Gasteiger partial charge in [-0.15, -0.1) is 0 Å². The Morgan fingerprint density at radius 3 is 2.59 bits per heavy atom. The minimum Gasteiger partial charge on any atom is -0.493 e. The lowest BCUT2D eigenvalue weighted by molar-refractivity contribution is -0.120. The number of nitrogens with zero attached hydrogens (tertiary/aromatic N) is 1. The highest BCUT2D eigenvalue weighted by atomic mass is 35.5. The molecule has 0 radical (unpaired) electrons. The zero-order valence-electron chi connectivity index (χ0n) is 16.2. The summed E-state index contributed by atoms with van der Waals surface area (Å²) in [6.07, 6.45) is 1.38. The molecule has 2 aromatic carbocycles. The Hall–Kier alpha value is -3.50. The van der Waals surface area contributed by atoms with Crippen molar-refractivity contribution in [3.05, 3.63) is 57.6 Å². The molecular weight excluding hydrogens is 394 g/mol. The van der Waals surface area contributed by atoms with Gasteiger partial charge < -0.3 is 20.5 Å². The average Bonchev–Trinajstić information content (AvgIpc) is 2.66. The predicted molar refractivity (Wildman–Crippen MR) is 111 cm³/mol. The molecule has 2 rings (SSSR count). The highest BCUT2D eigenvalue weighted by molar-refractivity contribution is 6.32. The third-order valence-electron chi connectivity index (χ3n) is 3.92. The highest BCUT2D eigenvalue weighted by Gasteiger charge is 2.15. The molecule has 0 aromatic heterocycles. The Kier molecular flexibility index (Phi) is 7.23. The molecule has 7 nitrogen and oxygen atoms in total. The maximum absolute atomic E-state index is 12.5. The number of hydrogen-bond acceptors (Lipinski definition) is 5. The lowest BCUT2D eigenvalue weighted by atomic mass is 10.1. The van der Waals surface area contributed by atoms with Gasteiger partial charge in [0.1, 0.15) is 11.6 Å². The van der Waals surface area contributed by atoms with Gasteiger partial charge in [0, 0.05) is 5.69 Å². The molecule has 0 heterocycles. The van der Waals surface area contributed by atoms with Gasteiger partial charge >= 0.3 is 0 Å². The Bertz CT molecular complexity index is 1030. The molecule has 29 heavy (non-hydrogen) atoms. The van der Waals surface area contributed by atoms with Crippen LogP contribution in [0, 0.1) is 25.2 Å². The summed E-state index contributed by atoms with van der Waals surface area (Å²) in [5.41, 5.74) is 7.98. The van der Waals surface area contributed by atoms with Crippen molar-refractivity contribution in [2.75, 3.05) is 19.0 Å². The summed E-state index contributed by atoms with van der Waals surface area (Å²) < 4.78 is 10.5. The van der Waals surface area contributed by atoms with Crippen molar-refractivity contribution < 1.29 is 19.1 Å². The first-order chi connectivity index (χ1) is 13.7. The van der Waals surface area contributed by atoms with Crippen LogP contribution in [-0.2, 0) is 9.59 Å². The monoisotopic (exact) mass is 413 g/mol. The molecule has 2 amide bonds. The Labute approximate surface area is 173 Å². The van der Waals surface area contributed by atoms with E-state index in [1.807, 2.05) is 32.0 Å². The molecular formula is C21H20ClN3O4. The van der Waals surface area contributed by atoms with Crippen molar-refractivity contribution in [3.63, 3.8) is 0 Å². The molecule has 8 heteroatoms. The molecule has 150 valence electrons. The van der Waals surface area contributed by atoms with E-state index in [4.69, 9.17) is 26.8 Å². The van der Waals surface area contributed by atoms with E-state index in [1.165, 1.54) is 25.3 Å². The van der Waals surface area contributed by atoms with Gasteiger partial charge in [-0.05, 0) is 49.2 Å². The summed E-state index contributed by atoms with van der Waals surface area (Å²) in [7, 11) is 1.40. The van der Waals surface area contributed by atoms with E-state index < -0.39 is 11.8 Å². The molecule has 3 N–H and O–H groups in total. The number of methoxy groups -OCH3 is 1. The summed E-state index contributed by atoms with van der Waals surface area (Å²) >= 11 is 6.20. The second-order valence-electron chi connectivity index (χ2n) is 6.23. The van der Waals surface area contributed by atoms with Gasteiger partial charge in [0.15, 0.2) is 18.1 Å². The highest BCUT2D eigenvalue weighted by Crippen LogP contribution is 2.37. The SMILES string of the molecule is COc1cc(/C=C(\C#N)C(=O)Nc2ccc(C)cc2C)cc(Cl)c1OCC(N)=O. The molecule has 0 fully saturated rings. The normalized spacial score (nSPS) is 10.8. The Morgan fingerprint density at radius 2 is 2.00 bits per heavy atom. The molecule has 0 atom stereocenters. The zero-order chi connectivity index (χ0) is 21.6. The first-order valence-corrected chi connectivity index (χ1v) is 8.92. The number of halogens is 1. The number of anilines is 1. The predicted octanol–water partition coefficient (Wildman–Crippen LogP) is 3.38. The van der Waals surface area contributed by atoms with E-state index in [-0.39, 0.29) is 28.7 Å². The van der Waals surface area contributed by atoms with E-state index in [0.717, 1.165) is 11.1 Å². The fourth-order valence-electron chi connectivity index (χ4n) is 2.57. The zero-order valence-corrected chi connectivity index (χ0v) is 17.0. The number of benzene rings is 2. The van der Waals surface area contributed by atoms with Crippen molar-refractivity contribution in [3.8, 4) is 17.6 Å². The lowest BCUT2D eigenvalue weighted by Crippen LogP contribution is -2.20. The van der Waals surface area contributed by atoms with Crippen molar-refractivity contribution in [1.29, 1.82) is 5.26 Å². The summed E-state index contributed by atoms with van der Waals surface area (Å²) in [6, 6.07) is 10.5. The van der Waals surface area contributed by atoms with Crippen LogP contribution in [0.3, 0.4) is 0 Å². The fourth-order valence-corrected chi connectivity index (χ4v) is 2.84. The van der Waals surface area contributed by atoms with Crippen LogP contribution in [0.4, 0.5) is 5.69 Å². The van der Waals surface area contributed by atoms with E-state index in [0.29, 0.717) is 11.3 Å². The minimum atomic E-state index is -0.665. The molecule has 0 saturated carbocycles. The maximum atomic E-state index is 12.5. The number of hydrogen-bond donors (Lipinski definition) is 2. The molecule has 0 aliphatic rings. The summed E-state index contributed by atoms with van der Waals surface area (Å²) in [5, 5.41) is 12.3. The number of nitriles is 1. The third-order valence-corrected chi connectivity index (χ3v) is 4.20. The number of nitrogens with two attached hydrogens (primary N) is 1.